The molecule has 0 amide bonds. The first-order valence-electron chi connectivity index (χ1n) is 12.0. The van der Waals surface area contributed by atoms with Crippen molar-refractivity contribution in [1.29, 1.82) is 0 Å². The molecule has 0 aliphatic heterocycles. The zero-order valence-corrected chi connectivity index (χ0v) is 22.5. The van der Waals surface area contributed by atoms with Crippen molar-refractivity contribution in [3.8, 4) is 11.5 Å². The van der Waals surface area contributed by atoms with Crippen LogP contribution >= 0.6 is 0 Å². The molecule has 0 aromatic heterocycles. The van der Waals surface area contributed by atoms with Gasteiger partial charge in [0.2, 0.25) is 0 Å². The predicted molar refractivity (Wildman–Crippen MR) is 136 cm³/mol. The molecule has 0 aliphatic carbocycles. The van der Waals surface area contributed by atoms with Gasteiger partial charge in [0.15, 0.2) is 5.54 Å². The minimum atomic E-state index is -1.59. The summed E-state index contributed by atoms with van der Waals surface area (Å²) < 4.78 is 20.4. The van der Waals surface area contributed by atoms with Gasteiger partial charge in [0.1, 0.15) is 22.6 Å². The third-order valence-electron chi connectivity index (χ3n) is 6.00. The van der Waals surface area contributed by atoms with Crippen LogP contribution in [-0.4, -0.2) is 48.9 Å². The second kappa shape index (κ2) is 14.0. The highest BCUT2D eigenvalue weighted by Crippen LogP contribution is 2.31. The lowest BCUT2D eigenvalue weighted by atomic mass is 9.85. The number of para-hydroxylation sites is 2. The summed E-state index contributed by atoms with van der Waals surface area (Å²) in [6, 6.07) is 12.3. The maximum Gasteiger partial charge on any atom is 0.341 e. The van der Waals surface area contributed by atoms with Crippen LogP contribution in [0.25, 0.3) is 0 Å². The van der Waals surface area contributed by atoms with Gasteiger partial charge in [-0.3, -0.25) is 4.79 Å². The van der Waals surface area contributed by atoms with E-state index in [1.54, 1.807) is 38.1 Å². The molecule has 0 fully saturated rings. The van der Waals surface area contributed by atoms with Crippen LogP contribution in [-0.2, 0) is 24.1 Å². The molecule has 0 bridgehead atoms. The van der Waals surface area contributed by atoms with Crippen molar-refractivity contribution in [2.45, 2.75) is 52.0 Å². The normalized spacial score (nSPS) is 12.8. The molecule has 0 spiro atoms. The molecule has 39 heavy (non-hydrogen) atoms. The van der Waals surface area contributed by atoms with Crippen molar-refractivity contribution in [1.82, 2.24) is 0 Å². The highest BCUT2D eigenvalue weighted by molar-refractivity contribution is 5.94. The SMILES string of the molecule is COC(=O)c1ccccc1OC(=O)C(C)(C)CCCCC(C)(N=NOO)C(=O)Oc1ccccc1C(=O)OC. The Bertz CT molecular complexity index is 1210. The van der Waals surface area contributed by atoms with Crippen molar-refractivity contribution in [3.05, 3.63) is 59.7 Å². The van der Waals surface area contributed by atoms with Crippen molar-refractivity contribution < 1.29 is 48.4 Å². The van der Waals surface area contributed by atoms with E-state index in [-0.39, 0.29) is 29.0 Å². The second-order valence-corrected chi connectivity index (χ2v) is 9.38. The van der Waals surface area contributed by atoms with Crippen molar-refractivity contribution in [2.24, 2.45) is 15.8 Å². The quantitative estimate of drug-likeness (QED) is 0.0910. The molecule has 0 saturated carbocycles. The number of benzene rings is 2. The predicted octanol–water partition coefficient (Wildman–Crippen LogP) is 4.97. The highest BCUT2D eigenvalue weighted by Gasteiger charge is 2.37. The first-order valence-corrected chi connectivity index (χ1v) is 12.0. The largest absolute Gasteiger partial charge is 0.465 e. The standard InChI is InChI=1S/C27H32N2O10/c1-26(2,24(32)37-20-14-8-6-12-18(20)22(30)35-4)16-10-11-17-27(3,28-29-39-34)25(33)38-21-15-9-7-13-19(21)23(31)36-5/h6-9,12-15,34H,10-11,16-17H2,1-5H3. The monoisotopic (exact) mass is 544 g/mol. The summed E-state index contributed by atoms with van der Waals surface area (Å²) in [5, 5.41) is 15.5. The summed E-state index contributed by atoms with van der Waals surface area (Å²) >= 11 is 0. The van der Waals surface area contributed by atoms with Gasteiger partial charge < -0.3 is 18.9 Å². The Morgan fingerprint density at radius 2 is 1.21 bits per heavy atom. The summed E-state index contributed by atoms with van der Waals surface area (Å²) in [7, 11) is 2.44. The number of esters is 4. The maximum absolute atomic E-state index is 13.0. The fourth-order valence-electron chi connectivity index (χ4n) is 3.56. The molecule has 0 heterocycles. The van der Waals surface area contributed by atoms with Crippen molar-refractivity contribution in [3.63, 3.8) is 0 Å². The van der Waals surface area contributed by atoms with Crippen LogP contribution in [0.3, 0.4) is 0 Å². The third-order valence-corrected chi connectivity index (χ3v) is 6.00. The lowest BCUT2D eigenvalue weighted by molar-refractivity contribution is -0.252. The minimum absolute atomic E-state index is 0.0307. The molecule has 210 valence electrons. The first-order chi connectivity index (χ1) is 18.5. The number of nitrogens with zero attached hydrogens (tertiary/aromatic N) is 2. The van der Waals surface area contributed by atoms with Gasteiger partial charge in [0.25, 0.3) is 0 Å². The number of rotatable bonds is 13. The van der Waals surface area contributed by atoms with Crippen LogP contribution in [0.2, 0.25) is 0 Å². The van der Waals surface area contributed by atoms with E-state index in [0.29, 0.717) is 19.3 Å². The van der Waals surface area contributed by atoms with E-state index in [2.05, 4.69) is 15.4 Å². The Hall–Kier alpha value is -4.32. The summed E-state index contributed by atoms with van der Waals surface area (Å²) in [5.74, 6) is -2.65. The molecule has 1 atom stereocenters. The van der Waals surface area contributed by atoms with Crippen LogP contribution in [0, 0.1) is 5.41 Å². The van der Waals surface area contributed by atoms with Gasteiger partial charge in [-0.2, -0.15) is 5.26 Å². The number of unbranched alkanes of at least 4 members (excludes halogenated alkanes) is 1. The van der Waals surface area contributed by atoms with Crippen LogP contribution in [0.1, 0.15) is 67.2 Å². The molecule has 2 aromatic rings. The van der Waals surface area contributed by atoms with E-state index in [1.807, 2.05) is 0 Å². The molecule has 2 rings (SSSR count). The molecular formula is C27H32N2O10. The molecular weight excluding hydrogens is 512 g/mol. The number of methoxy groups -OCH3 is 2. The van der Waals surface area contributed by atoms with E-state index >= 15 is 0 Å². The molecule has 12 nitrogen and oxygen atoms in total. The van der Waals surface area contributed by atoms with E-state index in [0.717, 1.165) is 0 Å². The van der Waals surface area contributed by atoms with E-state index < -0.39 is 34.8 Å². The number of carbonyl (C=O) groups is 4. The van der Waals surface area contributed by atoms with Gasteiger partial charge in [0.05, 0.1) is 24.9 Å². The number of ether oxygens (including phenoxy) is 4. The molecule has 1 unspecified atom stereocenters. The van der Waals surface area contributed by atoms with Gasteiger partial charge in [-0.05, 0) is 57.9 Å². The van der Waals surface area contributed by atoms with Crippen molar-refractivity contribution >= 4 is 23.9 Å². The Morgan fingerprint density at radius 3 is 1.69 bits per heavy atom. The molecule has 0 radical (unpaired) electrons. The molecule has 1 N–H and O–H groups in total. The molecule has 0 aliphatic rings. The van der Waals surface area contributed by atoms with E-state index in [1.165, 1.54) is 45.4 Å². The van der Waals surface area contributed by atoms with Crippen LogP contribution < -0.4 is 9.47 Å². The van der Waals surface area contributed by atoms with Crippen LogP contribution in [0.4, 0.5) is 0 Å². The number of carbonyl (C=O) groups excluding carboxylic acids is 4. The summed E-state index contributed by atoms with van der Waals surface area (Å²) in [5.41, 5.74) is -2.35. The lowest BCUT2D eigenvalue weighted by Gasteiger charge is -2.24. The van der Waals surface area contributed by atoms with Crippen LogP contribution in [0.5, 0.6) is 11.5 Å². The summed E-state index contributed by atoms with van der Waals surface area (Å²) in [4.78, 5) is 53.6. The number of hydrogen-bond acceptors (Lipinski definition) is 12. The molecule has 0 saturated heterocycles. The Morgan fingerprint density at radius 1 is 0.744 bits per heavy atom. The summed E-state index contributed by atoms with van der Waals surface area (Å²) in [6.45, 7) is 4.83. The van der Waals surface area contributed by atoms with Gasteiger partial charge >= 0.3 is 23.9 Å². The van der Waals surface area contributed by atoms with Gasteiger partial charge in [-0.25, -0.2) is 19.4 Å². The average Bonchev–Trinajstić information content (AvgIpc) is 2.93. The fraction of sp³-hybridized carbons (Fsp3) is 0.407. The summed E-state index contributed by atoms with van der Waals surface area (Å²) in [6.07, 6.45) is 1.34. The van der Waals surface area contributed by atoms with Gasteiger partial charge in [0, 0.05) is 0 Å². The van der Waals surface area contributed by atoms with E-state index in [4.69, 9.17) is 24.2 Å². The highest BCUT2D eigenvalue weighted by atomic mass is 17.2. The third kappa shape index (κ3) is 8.34. The smallest absolute Gasteiger partial charge is 0.341 e. The van der Waals surface area contributed by atoms with Gasteiger partial charge in [-0.1, -0.05) is 37.1 Å². The molecule has 2 aromatic carbocycles. The first kappa shape index (κ1) is 30.9. The molecule has 12 heteroatoms. The Balaban J connectivity index is 2.05. The zero-order chi connectivity index (χ0) is 29.1. The fourth-order valence-corrected chi connectivity index (χ4v) is 3.56. The zero-order valence-electron chi connectivity index (χ0n) is 22.5. The van der Waals surface area contributed by atoms with E-state index in [9.17, 15) is 19.2 Å². The second-order valence-electron chi connectivity index (χ2n) is 9.38. The maximum atomic E-state index is 13.0. The van der Waals surface area contributed by atoms with Crippen LogP contribution in [0.15, 0.2) is 58.9 Å². The van der Waals surface area contributed by atoms with Gasteiger partial charge in [-0.15, -0.1) is 5.11 Å². The average molecular weight is 545 g/mol. The minimum Gasteiger partial charge on any atom is -0.465 e. The number of hydrogen-bond donors (Lipinski definition) is 1. The topological polar surface area (TPSA) is 159 Å². The van der Waals surface area contributed by atoms with Crippen molar-refractivity contribution in [2.75, 3.05) is 14.2 Å². The Labute approximate surface area is 225 Å². The Kier molecular flexibility index (Phi) is 11.1. The lowest BCUT2D eigenvalue weighted by Crippen LogP contribution is -2.37.